The molecule has 0 spiro atoms. The second kappa shape index (κ2) is 12.3. The van der Waals surface area contributed by atoms with Gasteiger partial charge in [0, 0.05) is 16.9 Å². The number of fused-ring (bicyclic) bond motifs is 6. The van der Waals surface area contributed by atoms with Crippen LogP contribution < -0.4 is 4.90 Å². The van der Waals surface area contributed by atoms with E-state index < -0.39 is 5.41 Å². The van der Waals surface area contributed by atoms with Gasteiger partial charge in [-0.1, -0.05) is 182 Å². The molecule has 9 aromatic carbocycles. The van der Waals surface area contributed by atoms with Gasteiger partial charge in [0.15, 0.2) is 0 Å². The van der Waals surface area contributed by atoms with Crippen LogP contribution in [0.2, 0.25) is 0 Å². The molecule has 0 amide bonds. The highest BCUT2D eigenvalue weighted by Gasteiger charge is 2.45. The molecule has 0 aromatic heterocycles. The maximum absolute atomic E-state index is 2.40. The SMILES string of the molecule is c1ccc(N(c2ccc3ccc4ccccc4c3c2)c2ccccc2-c2ccc(C3(c4ccccc4)c4ccccc4-c4ccccc43)cc2)cc1. The van der Waals surface area contributed by atoms with Crippen LogP contribution in [0.1, 0.15) is 22.3 Å². The van der Waals surface area contributed by atoms with E-state index in [-0.39, 0.29) is 0 Å². The summed E-state index contributed by atoms with van der Waals surface area (Å²) < 4.78 is 0. The minimum absolute atomic E-state index is 0.420. The molecule has 0 N–H and O–H groups in total. The largest absolute Gasteiger partial charge is 0.310 e. The molecule has 0 saturated carbocycles. The molecule has 244 valence electrons. The molecule has 1 heteroatoms. The Kier molecular flexibility index (Phi) is 7.11. The number of nitrogens with zero attached hydrogens (tertiary/aromatic N) is 1. The van der Waals surface area contributed by atoms with Gasteiger partial charge in [0.1, 0.15) is 0 Å². The molecular formula is C51H35N. The van der Waals surface area contributed by atoms with E-state index in [1.807, 2.05) is 0 Å². The van der Waals surface area contributed by atoms with Crippen molar-refractivity contribution in [3.63, 3.8) is 0 Å². The van der Waals surface area contributed by atoms with Crippen LogP contribution in [0.4, 0.5) is 17.1 Å². The third-order valence-electron chi connectivity index (χ3n) is 10.9. The number of hydrogen-bond donors (Lipinski definition) is 0. The van der Waals surface area contributed by atoms with E-state index in [9.17, 15) is 0 Å². The molecule has 0 atom stereocenters. The van der Waals surface area contributed by atoms with Crippen LogP contribution in [0.25, 0.3) is 43.8 Å². The van der Waals surface area contributed by atoms with Gasteiger partial charge < -0.3 is 4.90 Å². The van der Waals surface area contributed by atoms with Gasteiger partial charge >= 0.3 is 0 Å². The van der Waals surface area contributed by atoms with Crippen molar-refractivity contribution in [2.75, 3.05) is 4.90 Å². The van der Waals surface area contributed by atoms with Gasteiger partial charge in [0.05, 0.1) is 11.1 Å². The Balaban J connectivity index is 1.15. The zero-order valence-electron chi connectivity index (χ0n) is 28.7. The van der Waals surface area contributed by atoms with Crippen LogP contribution in [0.3, 0.4) is 0 Å². The van der Waals surface area contributed by atoms with Crippen LogP contribution in [-0.4, -0.2) is 0 Å². The molecule has 52 heavy (non-hydrogen) atoms. The summed E-state index contributed by atoms with van der Waals surface area (Å²) in [6.07, 6.45) is 0. The summed E-state index contributed by atoms with van der Waals surface area (Å²) in [6.45, 7) is 0. The van der Waals surface area contributed by atoms with Crippen LogP contribution in [0.15, 0.2) is 212 Å². The third kappa shape index (κ3) is 4.63. The lowest BCUT2D eigenvalue weighted by Gasteiger charge is -2.34. The number of hydrogen-bond acceptors (Lipinski definition) is 1. The van der Waals surface area contributed by atoms with E-state index in [0.717, 1.165) is 17.1 Å². The van der Waals surface area contributed by atoms with Crippen molar-refractivity contribution in [3.8, 4) is 22.3 Å². The first-order valence-electron chi connectivity index (χ1n) is 18.0. The summed E-state index contributed by atoms with van der Waals surface area (Å²) in [7, 11) is 0. The highest BCUT2D eigenvalue weighted by Crippen LogP contribution is 2.56. The lowest BCUT2D eigenvalue weighted by atomic mass is 9.67. The number of benzene rings is 9. The molecule has 0 aliphatic heterocycles. The van der Waals surface area contributed by atoms with Crippen molar-refractivity contribution >= 4 is 38.6 Å². The molecular weight excluding hydrogens is 627 g/mol. The minimum Gasteiger partial charge on any atom is -0.310 e. The maximum Gasteiger partial charge on any atom is 0.0713 e. The third-order valence-corrected chi connectivity index (χ3v) is 10.9. The van der Waals surface area contributed by atoms with Crippen molar-refractivity contribution in [1.82, 2.24) is 0 Å². The second-order valence-corrected chi connectivity index (χ2v) is 13.7. The molecule has 1 aliphatic carbocycles. The minimum atomic E-state index is -0.420. The normalized spacial score (nSPS) is 12.8. The summed E-state index contributed by atoms with van der Waals surface area (Å²) in [5.41, 5.74) is 13.1. The van der Waals surface area contributed by atoms with Crippen LogP contribution in [0, 0.1) is 0 Å². The molecule has 1 aliphatic rings. The Bertz CT molecular complexity index is 2680. The smallest absolute Gasteiger partial charge is 0.0713 e. The first-order valence-corrected chi connectivity index (χ1v) is 18.0. The highest BCUT2D eigenvalue weighted by atomic mass is 15.1. The molecule has 1 nitrogen and oxygen atoms in total. The molecule has 0 fully saturated rings. The topological polar surface area (TPSA) is 3.24 Å². The van der Waals surface area contributed by atoms with Gasteiger partial charge in [-0.2, -0.15) is 0 Å². The fourth-order valence-corrected chi connectivity index (χ4v) is 8.66. The van der Waals surface area contributed by atoms with Crippen molar-refractivity contribution in [1.29, 1.82) is 0 Å². The van der Waals surface area contributed by atoms with E-state index in [4.69, 9.17) is 0 Å². The average Bonchev–Trinajstić information content (AvgIpc) is 3.53. The summed E-state index contributed by atoms with van der Waals surface area (Å²) in [5, 5.41) is 5.00. The van der Waals surface area contributed by atoms with E-state index in [2.05, 4.69) is 217 Å². The lowest BCUT2D eigenvalue weighted by Crippen LogP contribution is -2.28. The predicted octanol–water partition coefficient (Wildman–Crippen LogP) is 13.5. The van der Waals surface area contributed by atoms with Gasteiger partial charge in [-0.05, 0) is 90.8 Å². The quantitative estimate of drug-likeness (QED) is 0.160. The standard InChI is InChI=1S/C51H35N/c1-3-16-39(17-4-1)51(48-24-12-9-22-45(48)46-23-10-13-25-49(46)51)40-32-29-37(30-33-40)44-21-11-14-26-50(44)52(41-18-5-2-6-19-41)42-34-31-38-28-27-36-15-7-8-20-43(36)47(38)35-42/h1-35H. The Hall–Kier alpha value is -6.70. The van der Waals surface area contributed by atoms with Gasteiger partial charge in [-0.3, -0.25) is 0 Å². The average molecular weight is 662 g/mol. The summed E-state index contributed by atoms with van der Waals surface area (Å²) in [6, 6.07) is 77.7. The van der Waals surface area contributed by atoms with E-state index in [1.54, 1.807) is 0 Å². The Labute approximate surface area is 304 Å². The first kappa shape index (κ1) is 30.2. The lowest BCUT2D eigenvalue weighted by molar-refractivity contribution is 0.768. The van der Waals surface area contributed by atoms with Gasteiger partial charge in [0.25, 0.3) is 0 Å². The summed E-state index contributed by atoms with van der Waals surface area (Å²) >= 11 is 0. The number of rotatable bonds is 6. The first-order chi connectivity index (χ1) is 25.8. The molecule has 0 bridgehead atoms. The van der Waals surface area contributed by atoms with Crippen molar-refractivity contribution in [2.24, 2.45) is 0 Å². The molecule has 0 radical (unpaired) electrons. The fraction of sp³-hybridized carbons (Fsp3) is 0.0196. The molecule has 0 saturated heterocycles. The molecule has 9 aromatic rings. The Morgan fingerprint density at radius 2 is 0.846 bits per heavy atom. The van der Waals surface area contributed by atoms with Crippen LogP contribution in [-0.2, 0) is 5.41 Å². The van der Waals surface area contributed by atoms with Crippen molar-refractivity contribution in [3.05, 3.63) is 235 Å². The van der Waals surface area contributed by atoms with Gasteiger partial charge in [-0.25, -0.2) is 0 Å². The van der Waals surface area contributed by atoms with E-state index in [0.29, 0.717) is 0 Å². The molecule has 0 unspecified atom stereocenters. The maximum atomic E-state index is 2.40. The zero-order valence-corrected chi connectivity index (χ0v) is 28.7. The Morgan fingerprint density at radius 1 is 0.327 bits per heavy atom. The summed E-state index contributed by atoms with van der Waals surface area (Å²) in [5.74, 6) is 0. The van der Waals surface area contributed by atoms with E-state index >= 15 is 0 Å². The van der Waals surface area contributed by atoms with E-state index in [1.165, 1.54) is 66.1 Å². The monoisotopic (exact) mass is 661 g/mol. The van der Waals surface area contributed by atoms with Gasteiger partial charge in [0.2, 0.25) is 0 Å². The number of anilines is 3. The molecule has 10 rings (SSSR count). The van der Waals surface area contributed by atoms with Crippen molar-refractivity contribution in [2.45, 2.75) is 5.41 Å². The number of para-hydroxylation sites is 2. The van der Waals surface area contributed by atoms with Gasteiger partial charge in [-0.15, -0.1) is 0 Å². The molecule has 0 heterocycles. The Morgan fingerprint density at radius 3 is 1.56 bits per heavy atom. The summed E-state index contributed by atoms with van der Waals surface area (Å²) in [4.78, 5) is 2.40. The van der Waals surface area contributed by atoms with Crippen molar-refractivity contribution < 1.29 is 0 Å². The second-order valence-electron chi connectivity index (χ2n) is 13.7. The zero-order chi connectivity index (χ0) is 34.5. The van der Waals surface area contributed by atoms with Crippen LogP contribution >= 0.6 is 0 Å². The predicted molar refractivity (Wildman–Crippen MR) is 219 cm³/mol. The fourth-order valence-electron chi connectivity index (χ4n) is 8.66. The van der Waals surface area contributed by atoms with Crippen LogP contribution in [0.5, 0.6) is 0 Å². The highest BCUT2D eigenvalue weighted by molar-refractivity contribution is 6.09.